The Kier molecular flexibility index (Phi) is 6.13. The molecule has 0 bridgehead atoms. The van der Waals surface area contributed by atoms with Crippen molar-refractivity contribution >= 4 is 5.91 Å². The van der Waals surface area contributed by atoms with Crippen molar-refractivity contribution in [2.45, 2.75) is 32.9 Å². The first kappa shape index (κ1) is 20.5. The average molecular weight is 411 g/mol. The number of ether oxygens (including phenoxy) is 3. The molecular weight excluding hydrogens is 380 g/mol. The highest BCUT2D eigenvalue weighted by Gasteiger charge is 2.23. The maximum absolute atomic E-state index is 13.0. The van der Waals surface area contributed by atoms with E-state index in [9.17, 15) is 4.79 Å². The molecule has 4 rings (SSSR count). The minimum Gasteiger partial charge on any atom is -0.493 e. The molecule has 2 aliphatic heterocycles. The number of methoxy groups -OCH3 is 1. The van der Waals surface area contributed by atoms with Crippen LogP contribution in [-0.2, 0) is 13.0 Å². The summed E-state index contributed by atoms with van der Waals surface area (Å²) in [6, 6.07) is 11.9. The van der Waals surface area contributed by atoms with Crippen molar-refractivity contribution in [2.24, 2.45) is 0 Å². The number of nitrogens with zero attached hydrogens (tertiary/aromatic N) is 2. The number of amides is 1. The van der Waals surface area contributed by atoms with Gasteiger partial charge < -0.3 is 19.1 Å². The van der Waals surface area contributed by atoms with Crippen LogP contribution in [0, 0.1) is 0 Å². The van der Waals surface area contributed by atoms with Gasteiger partial charge in [-0.25, -0.2) is 0 Å². The molecule has 0 saturated carbocycles. The Morgan fingerprint density at radius 1 is 1.07 bits per heavy atom. The summed E-state index contributed by atoms with van der Waals surface area (Å²) in [6.07, 6.45) is 1.04. The number of hydrogen-bond acceptors (Lipinski definition) is 5. The maximum Gasteiger partial charge on any atom is 0.254 e. The van der Waals surface area contributed by atoms with Crippen LogP contribution < -0.4 is 14.2 Å². The molecule has 6 nitrogen and oxygen atoms in total. The van der Waals surface area contributed by atoms with E-state index in [0.717, 1.165) is 51.5 Å². The summed E-state index contributed by atoms with van der Waals surface area (Å²) in [5.41, 5.74) is 3.25. The van der Waals surface area contributed by atoms with E-state index >= 15 is 0 Å². The molecule has 0 spiro atoms. The fraction of sp³-hybridized carbons (Fsp3) is 0.458. The lowest BCUT2D eigenvalue weighted by Gasteiger charge is -2.35. The van der Waals surface area contributed by atoms with Crippen LogP contribution in [0.3, 0.4) is 0 Å². The Morgan fingerprint density at radius 3 is 2.60 bits per heavy atom. The molecule has 1 amide bonds. The smallest absolute Gasteiger partial charge is 0.254 e. The minimum absolute atomic E-state index is 0.0405. The summed E-state index contributed by atoms with van der Waals surface area (Å²) in [6.45, 7) is 8.80. The molecule has 1 fully saturated rings. The van der Waals surface area contributed by atoms with Crippen molar-refractivity contribution in [1.29, 1.82) is 0 Å². The lowest BCUT2D eigenvalue weighted by atomic mass is 10.1. The lowest BCUT2D eigenvalue weighted by molar-refractivity contribution is 0.0628. The van der Waals surface area contributed by atoms with Crippen LogP contribution in [-0.4, -0.2) is 61.7 Å². The predicted octanol–water partition coefficient (Wildman–Crippen LogP) is 3.38. The lowest BCUT2D eigenvalue weighted by Crippen LogP contribution is -2.48. The van der Waals surface area contributed by atoms with Gasteiger partial charge in [-0.05, 0) is 49.2 Å². The van der Waals surface area contributed by atoms with Gasteiger partial charge in [0.1, 0.15) is 5.75 Å². The van der Waals surface area contributed by atoms with Gasteiger partial charge in [0, 0.05) is 44.7 Å². The van der Waals surface area contributed by atoms with Crippen molar-refractivity contribution in [2.75, 3.05) is 39.9 Å². The standard InChI is InChI=1S/C24H30N2O4/c1-17(2)30-22-7-5-20(15-23(22)28-3)24(27)26-11-9-25(10-12-26)16-18-4-6-21-19(14-18)8-13-29-21/h4-7,14-15,17H,8-13,16H2,1-3H3. The Hall–Kier alpha value is -2.73. The first-order valence-corrected chi connectivity index (χ1v) is 10.6. The summed E-state index contributed by atoms with van der Waals surface area (Å²) in [4.78, 5) is 17.3. The van der Waals surface area contributed by atoms with Gasteiger partial charge in [0.15, 0.2) is 11.5 Å². The summed E-state index contributed by atoms with van der Waals surface area (Å²) in [7, 11) is 1.60. The second kappa shape index (κ2) is 8.96. The molecule has 30 heavy (non-hydrogen) atoms. The third-order valence-corrected chi connectivity index (χ3v) is 5.59. The van der Waals surface area contributed by atoms with Crippen LogP contribution in [0.5, 0.6) is 17.2 Å². The molecule has 2 aromatic rings. The topological polar surface area (TPSA) is 51.2 Å². The fourth-order valence-corrected chi connectivity index (χ4v) is 4.04. The van der Waals surface area contributed by atoms with Gasteiger partial charge in [-0.2, -0.15) is 0 Å². The second-order valence-electron chi connectivity index (χ2n) is 8.14. The van der Waals surface area contributed by atoms with Crippen molar-refractivity contribution in [3.05, 3.63) is 53.1 Å². The monoisotopic (exact) mass is 410 g/mol. The van der Waals surface area contributed by atoms with E-state index in [1.54, 1.807) is 13.2 Å². The quantitative estimate of drug-likeness (QED) is 0.731. The number of rotatable bonds is 6. The second-order valence-corrected chi connectivity index (χ2v) is 8.14. The molecule has 2 aliphatic rings. The van der Waals surface area contributed by atoms with Crippen LogP contribution in [0.1, 0.15) is 35.3 Å². The van der Waals surface area contributed by atoms with Crippen molar-refractivity contribution in [3.63, 3.8) is 0 Å². The Balaban J connectivity index is 1.35. The summed E-state index contributed by atoms with van der Waals surface area (Å²) in [5, 5.41) is 0. The van der Waals surface area contributed by atoms with Gasteiger partial charge in [-0.1, -0.05) is 12.1 Å². The number of piperazine rings is 1. The summed E-state index contributed by atoms with van der Waals surface area (Å²) >= 11 is 0. The zero-order chi connectivity index (χ0) is 21.1. The number of carbonyl (C=O) groups excluding carboxylic acids is 1. The molecule has 0 radical (unpaired) electrons. The molecular formula is C24H30N2O4. The number of carbonyl (C=O) groups is 1. The molecule has 1 saturated heterocycles. The van der Waals surface area contributed by atoms with Gasteiger partial charge in [0.05, 0.1) is 19.8 Å². The normalized spacial score (nSPS) is 16.3. The Labute approximate surface area is 178 Å². The van der Waals surface area contributed by atoms with E-state index in [1.807, 2.05) is 30.9 Å². The first-order valence-electron chi connectivity index (χ1n) is 10.6. The van der Waals surface area contributed by atoms with Gasteiger partial charge in [-0.15, -0.1) is 0 Å². The van der Waals surface area contributed by atoms with Crippen LogP contribution in [0.2, 0.25) is 0 Å². The predicted molar refractivity (Wildman–Crippen MR) is 116 cm³/mol. The first-order chi connectivity index (χ1) is 14.5. The van der Waals surface area contributed by atoms with Crippen LogP contribution in [0.15, 0.2) is 36.4 Å². The van der Waals surface area contributed by atoms with E-state index in [2.05, 4.69) is 23.1 Å². The molecule has 0 N–H and O–H groups in total. The van der Waals surface area contributed by atoms with Gasteiger partial charge in [0.2, 0.25) is 0 Å². The van der Waals surface area contributed by atoms with Crippen LogP contribution >= 0.6 is 0 Å². The van der Waals surface area contributed by atoms with Crippen molar-refractivity contribution in [3.8, 4) is 17.2 Å². The molecule has 0 unspecified atom stereocenters. The third-order valence-electron chi connectivity index (χ3n) is 5.59. The highest BCUT2D eigenvalue weighted by atomic mass is 16.5. The molecule has 0 atom stereocenters. The maximum atomic E-state index is 13.0. The number of hydrogen-bond donors (Lipinski definition) is 0. The van der Waals surface area contributed by atoms with Crippen molar-refractivity contribution in [1.82, 2.24) is 9.80 Å². The van der Waals surface area contributed by atoms with Gasteiger partial charge >= 0.3 is 0 Å². The van der Waals surface area contributed by atoms with Gasteiger partial charge in [0.25, 0.3) is 5.91 Å². The molecule has 2 heterocycles. The fourth-order valence-electron chi connectivity index (χ4n) is 4.04. The Morgan fingerprint density at radius 2 is 1.87 bits per heavy atom. The molecule has 160 valence electrons. The zero-order valence-corrected chi connectivity index (χ0v) is 18.0. The molecule has 0 aromatic heterocycles. The minimum atomic E-state index is 0.0405. The molecule has 0 aliphatic carbocycles. The van der Waals surface area contributed by atoms with Crippen LogP contribution in [0.4, 0.5) is 0 Å². The average Bonchev–Trinajstić information content (AvgIpc) is 3.21. The number of benzene rings is 2. The van der Waals surface area contributed by atoms with E-state index in [4.69, 9.17) is 14.2 Å². The van der Waals surface area contributed by atoms with E-state index in [0.29, 0.717) is 17.1 Å². The zero-order valence-electron chi connectivity index (χ0n) is 18.0. The highest BCUT2D eigenvalue weighted by Crippen LogP contribution is 2.30. The van der Waals surface area contributed by atoms with Gasteiger partial charge in [-0.3, -0.25) is 9.69 Å². The molecule has 6 heteroatoms. The summed E-state index contributed by atoms with van der Waals surface area (Å²) < 4.78 is 16.8. The van der Waals surface area contributed by atoms with E-state index in [-0.39, 0.29) is 12.0 Å². The van der Waals surface area contributed by atoms with E-state index in [1.165, 1.54) is 11.1 Å². The third kappa shape index (κ3) is 4.54. The highest BCUT2D eigenvalue weighted by molar-refractivity contribution is 5.95. The largest absolute Gasteiger partial charge is 0.493 e. The summed E-state index contributed by atoms with van der Waals surface area (Å²) in [5.74, 6) is 2.32. The van der Waals surface area contributed by atoms with Crippen molar-refractivity contribution < 1.29 is 19.0 Å². The Bertz CT molecular complexity index is 904. The molecule has 2 aromatic carbocycles. The number of fused-ring (bicyclic) bond motifs is 1. The van der Waals surface area contributed by atoms with E-state index < -0.39 is 0 Å². The SMILES string of the molecule is COc1cc(C(=O)N2CCN(Cc3ccc4c(c3)CCO4)CC2)ccc1OC(C)C. The van der Waals surface area contributed by atoms with Crippen LogP contribution in [0.25, 0.3) is 0 Å².